The third-order valence-electron chi connectivity index (χ3n) is 5.07. The Morgan fingerprint density at radius 2 is 1.77 bits per heavy atom. The maximum absolute atomic E-state index is 12.9. The summed E-state index contributed by atoms with van der Waals surface area (Å²) < 4.78 is 5.15. The zero-order valence-corrected chi connectivity index (χ0v) is 15.2. The number of nitrogens with one attached hydrogen (secondary N) is 1. The second-order valence-electron chi connectivity index (χ2n) is 6.79. The molecule has 1 atom stereocenters. The first-order valence-corrected chi connectivity index (χ1v) is 9.30. The van der Waals surface area contributed by atoms with Crippen LogP contribution in [0.25, 0.3) is 0 Å². The fraction of sp³-hybridized carbons (Fsp3) is 0.364. The molecule has 2 aromatic carbocycles. The predicted octanol–water partition coefficient (Wildman–Crippen LogP) is 4.51. The minimum atomic E-state index is -0.135. The quantitative estimate of drug-likeness (QED) is 0.615. The first kappa shape index (κ1) is 18.2. The minimum absolute atomic E-state index is 0.0205. The molecule has 1 aliphatic rings. The number of amides is 1. The molecule has 1 saturated carbocycles. The highest BCUT2D eigenvalue weighted by Crippen LogP contribution is 2.36. The lowest BCUT2D eigenvalue weighted by Gasteiger charge is -2.29. The SMILES string of the molecule is COc1ccc(/C=N\NC(=O)[C@H](c2ccccc2)C2CCCCC2)cc1. The molecule has 4 nitrogen and oxygen atoms in total. The zero-order chi connectivity index (χ0) is 18.2. The largest absolute Gasteiger partial charge is 0.497 e. The molecule has 0 bridgehead atoms. The average Bonchev–Trinajstić information content (AvgIpc) is 2.70. The van der Waals surface area contributed by atoms with Gasteiger partial charge in [0.05, 0.1) is 19.2 Å². The van der Waals surface area contributed by atoms with E-state index in [2.05, 4.69) is 10.5 Å². The lowest BCUT2D eigenvalue weighted by Crippen LogP contribution is -2.31. The Hall–Kier alpha value is -2.62. The van der Waals surface area contributed by atoms with Crippen molar-refractivity contribution < 1.29 is 9.53 Å². The van der Waals surface area contributed by atoms with Crippen molar-refractivity contribution in [2.45, 2.75) is 38.0 Å². The van der Waals surface area contributed by atoms with Crippen LogP contribution in [0, 0.1) is 5.92 Å². The lowest BCUT2D eigenvalue weighted by atomic mass is 9.76. The van der Waals surface area contributed by atoms with Crippen LogP contribution in [-0.4, -0.2) is 19.2 Å². The predicted molar refractivity (Wildman–Crippen MR) is 104 cm³/mol. The number of benzene rings is 2. The molecule has 1 amide bonds. The normalized spacial score (nSPS) is 16.3. The summed E-state index contributed by atoms with van der Waals surface area (Å²) in [6.45, 7) is 0. The molecule has 1 aliphatic carbocycles. The second kappa shape index (κ2) is 9.18. The first-order chi connectivity index (χ1) is 12.8. The van der Waals surface area contributed by atoms with Crippen LogP contribution in [0.15, 0.2) is 59.7 Å². The summed E-state index contributed by atoms with van der Waals surface area (Å²) in [6, 6.07) is 17.6. The molecule has 0 spiro atoms. The van der Waals surface area contributed by atoms with E-state index >= 15 is 0 Å². The maximum atomic E-state index is 12.9. The lowest BCUT2D eigenvalue weighted by molar-refractivity contribution is -0.124. The third-order valence-corrected chi connectivity index (χ3v) is 5.07. The Bertz CT molecular complexity index is 720. The maximum Gasteiger partial charge on any atom is 0.247 e. The van der Waals surface area contributed by atoms with E-state index in [1.807, 2.05) is 54.6 Å². The fourth-order valence-electron chi connectivity index (χ4n) is 3.70. The molecule has 0 saturated heterocycles. The van der Waals surface area contributed by atoms with E-state index in [4.69, 9.17) is 4.74 Å². The highest BCUT2D eigenvalue weighted by atomic mass is 16.5. The molecule has 1 fully saturated rings. The highest BCUT2D eigenvalue weighted by molar-refractivity contribution is 5.86. The second-order valence-corrected chi connectivity index (χ2v) is 6.79. The fourth-order valence-corrected chi connectivity index (χ4v) is 3.70. The van der Waals surface area contributed by atoms with Gasteiger partial charge in [0.1, 0.15) is 5.75 Å². The topological polar surface area (TPSA) is 50.7 Å². The van der Waals surface area contributed by atoms with Crippen molar-refractivity contribution in [2.75, 3.05) is 7.11 Å². The van der Waals surface area contributed by atoms with E-state index < -0.39 is 0 Å². The molecule has 1 N–H and O–H groups in total. The Balaban J connectivity index is 1.69. The highest BCUT2D eigenvalue weighted by Gasteiger charge is 2.30. The van der Waals surface area contributed by atoms with Crippen LogP contribution in [-0.2, 0) is 4.79 Å². The summed E-state index contributed by atoms with van der Waals surface area (Å²) in [4.78, 5) is 12.9. The van der Waals surface area contributed by atoms with Crippen LogP contribution < -0.4 is 10.2 Å². The molecule has 2 aromatic rings. The molecular formula is C22H26N2O2. The van der Waals surface area contributed by atoms with Gasteiger partial charge in [0.25, 0.3) is 0 Å². The van der Waals surface area contributed by atoms with Gasteiger partial charge in [-0.15, -0.1) is 0 Å². The zero-order valence-electron chi connectivity index (χ0n) is 15.2. The van der Waals surface area contributed by atoms with E-state index in [0.717, 1.165) is 29.7 Å². The molecule has 0 aromatic heterocycles. The molecular weight excluding hydrogens is 324 g/mol. The van der Waals surface area contributed by atoms with Crippen molar-refractivity contribution in [3.63, 3.8) is 0 Å². The monoisotopic (exact) mass is 350 g/mol. The number of hydrogen-bond acceptors (Lipinski definition) is 3. The van der Waals surface area contributed by atoms with Gasteiger partial charge in [0, 0.05) is 0 Å². The first-order valence-electron chi connectivity index (χ1n) is 9.30. The van der Waals surface area contributed by atoms with E-state index in [1.54, 1.807) is 13.3 Å². The summed E-state index contributed by atoms with van der Waals surface area (Å²) in [5.41, 5.74) is 4.75. The number of hydrazone groups is 1. The number of rotatable bonds is 6. The number of hydrogen-bond donors (Lipinski definition) is 1. The molecule has 4 heteroatoms. The van der Waals surface area contributed by atoms with Gasteiger partial charge in [0.2, 0.25) is 5.91 Å². The smallest absolute Gasteiger partial charge is 0.247 e. The standard InChI is InChI=1S/C22H26N2O2/c1-26-20-14-12-17(13-15-20)16-23-24-22(25)21(18-8-4-2-5-9-18)19-10-6-3-7-11-19/h2,4-5,8-9,12-16,19,21H,3,6-7,10-11H2,1H3,(H,24,25)/b23-16-/t21-/m1/s1. The molecule has 3 rings (SSSR count). The summed E-state index contributed by atoms with van der Waals surface area (Å²) in [6.07, 6.45) is 7.56. The van der Waals surface area contributed by atoms with Gasteiger partial charge in [-0.1, -0.05) is 49.6 Å². The minimum Gasteiger partial charge on any atom is -0.497 e. The van der Waals surface area contributed by atoms with E-state index in [9.17, 15) is 4.79 Å². The van der Waals surface area contributed by atoms with Gasteiger partial charge in [-0.25, -0.2) is 5.43 Å². The van der Waals surface area contributed by atoms with Crippen molar-refractivity contribution in [2.24, 2.45) is 11.0 Å². The number of nitrogens with zero attached hydrogens (tertiary/aromatic N) is 1. The van der Waals surface area contributed by atoms with Gasteiger partial charge in [0.15, 0.2) is 0 Å². The summed E-state index contributed by atoms with van der Waals surface area (Å²) in [5.74, 6) is 1.03. The van der Waals surface area contributed by atoms with Gasteiger partial charge < -0.3 is 4.74 Å². The average molecular weight is 350 g/mol. The van der Waals surface area contributed by atoms with Crippen LogP contribution in [0.4, 0.5) is 0 Å². The van der Waals surface area contributed by atoms with E-state index in [1.165, 1.54) is 19.3 Å². The van der Waals surface area contributed by atoms with Crippen molar-refractivity contribution in [1.29, 1.82) is 0 Å². The molecule has 26 heavy (non-hydrogen) atoms. The van der Waals surface area contributed by atoms with Gasteiger partial charge in [-0.2, -0.15) is 5.10 Å². The van der Waals surface area contributed by atoms with Crippen LogP contribution in [0.1, 0.15) is 49.1 Å². The number of carbonyl (C=O) groups excluding carboxylic acids is 1. The molecule has 0 heterocycles. The molecule has 0 radical (unpaired) electrons. The Labute approximate surface area is 155 Å². The number of methoxy groups -OCH3 is 1. The number of carbonyl (C=O) groups is 1. The van der Waals surface area contributed by atoms with Crippen LogP contribution in [0.2, 0.25) is 0 Å². The van der Waals surface area contributed by atoms with E-state index in [0.29, 0.717) is 5.92 Å². The van der Waals surface area contributed by atoms with Gasteiger partial charge in [-0.3, -0.25) is 4.79 Å². The third kappa shape index (κ3) is 4.72. The van der Waals surface area contributed by atoms with Gasteiger partial charge in [-0.05, 0) is 54.2 Å². The van der Waals surface area contributed by atoms with Crippen LogP contribution in [0.3, 0.4) is 0 Å². The molecule has 0 unspecified atom stereocenters. The van der Waals surface area contributed by atoms with Crippen molar-refractivity contribution in [3.05, 3.63) is 65.7 Å². The molecule has 136 valence electrons. The summed E-state index contributed by atoms with van der Waals surface area (Å²) in [7, 11) is 1.64. The van der Waals surface area contributed by atoms with Crippen molar-refractivity contribution in [3.8, 4) is 5.75 Å². The van der Waals surface area contributed by atoms with Crippen LogP contribution >= 0.6 is 0 Å². The Morgan fingerprint density at radius 1 is 1.08 bits per heavy atom. The van der Waals surface area contributed by atoms with Crippen molar-refractivity contribution in [1.82, 2.24) is 5.43 Å². The summed E-state index contributed by atoms with van der Waals surface area (Å²) >= 11 is 0. The van der Waals surface area contributed by atoms with E-state index in [-0.39, 0.29) is 11.8 Å². The number of ether oxygens (including phenoxy) is 1. The van der Waals surface area contributed by atoms with Crippen LogP contribution in [0.5, 0.6) is 5.75 Å². The molecule has 0 aliphatic heterocycles. The Morgan fingerprint density at radius 3 is 2.42 bits per heavy atom. The summed E-state index contributed by atoms with van der Waals surface area (Å²) in [5, 5.41) is 4.17. The van der Waals surface area contributed by atoms with Crippen molar-refractivity contribution >= 4 is 12.1 Å². The Kier molecular flexibility index (Phi) is 6.42. The van der Waals surface area contributed by atoms with Gasteiger partial charge >= 0.3 is 0 Å².